The minimum atomic E-state index is -0.401. The van der Waals surface area contributed by atoms with Gasteiger partial charge < -0.3 is 14.2 Å². The molecular weight excluding hydrogens is 228 g/mol. The Morgan fingerprint density at radius 2 is 1.78 bits per heavy atom. The Kier molecular flexibility index (Phi) is 4.25. The smallest absolute Gasteiger partial charge is 0.165 e. The quantitative estimate of drug-likeness (QED) is 0.820. The van der Waals surface area contributed by atoms with Gasteiger partial charge in [0, 0.05) is 5.92 Å². The summed E-state index contributed by atoms with van der Waals surface area (Å²) in [7, 11) is 0. The molecule has 1 heterocycles. The van der Waals surface area contributed by atoms with E-state index in [1.54, 1.807) is 0 Å². The van der Waals surface area contributed by atoms with Crippen LogP contribution in [0.2, 0.25) is 0 Å². The lowest BCUT2D eigenvalue weighted by molar-refractivity contribution is -0.263. The minimum absolute atomic E-state index is 0.320. The molecule has 1 fully saturated rings. The molecule has 0 aromatic heterocycles. The van der Waals surface area contributed by atoms with Crippen molar-refractivity contribution in [1.82, 2.24) is 0 Å². The number of hydrogen-bond donors (Lipinski definition) is 0. The van der Waals surface area contributed by atoms with Gasteiger partial charge in [-0.25, -0.2) is 0 Å². The van der Waals surface area contributed by atoms with Crippen LogP contribution in [0.15, 0.2) is 24.3 Å². The van der Waals surface area contributed by atoms with E-state index in [1.807, 2.05) is 26.0 Å². The first-order valence-electron chi connectivity index (χ1n) is 6.67. The second-order valence-electron chi connectivity index (χ2n) is 4.81. The van der Waals surface area contributed by atoms with Crippen LogP contribution in [0.3, 0.4) is 0 Å². The summed E-state index contributed by atoms with van der Waals surface area (Å²) < 4.78 is 17.0. The molecule has 0 bridgehead atoms. The fourth-order valence-corrected chi connectivity index (χ4v) is 2.04. The van der Waals surface area contributed by atoms with Crippen molar-refractivity contribution in [2.75, 3.05) is 19.8 Å². The maximum absolute atomic E-state index is 5.81. The molecule has 1 saturated heterocycles. The molecular formula is C15H22O3. The summed E-state index contributed by atoms with van der Waals surface area (Å²) in [5.41, 5.74) is 1.25. The molecule has 0 atom stereocenters. The first kappa shape index (κ1) is 13.4. The zero-order chi connectivity index (χ0) is 13.0. The molecule has 0 spiro atoms. The molecule has 0 saturated carbocycles. The van der Waals surface area contributed by atoms with Gasteiger partial charge in [-0.1, -0.05) is 19.1 Å². The standard InChI is InChI=1S/C15H22O3/c1-4-15(3)17-10-13(11-18-15)12-6-8-14(9-7-12)16-5-2/h6-9,13H,4-5,10-11H2,1-3H3. The zero-order valence-electron chi connectivity index (χ0n) is 11.4. The van der Waals surface area contributed by atoms with Crippen molar-refractivity contribution in [3.05, 3.63) is 29.8 Å². The molecule has 0 unspecified atom stereocenters. The van der Waals surface area contributed by atoms with Crippen molar-refractivity contribution in [2.45, 2.75) is 38.9 Å². The predicted octanol–water partition coefficient (Wildman–Crippen LogP) is 3.34. The summed E-state index contributed by atoms with van der Waals surface area (Å²) in [4.78, 5) is 0. The second kappa shape index (κ2) is 5.72. The van der Waals surface area contributed by atoms with Gasteiger partial charge in [-0.05, 0) is 38.0 Å². The Morgan fingerprint density at radius 3 is 2.28 bits per heavy atom. The Labute approximate surface area is 109 Å². The summed E-state index contributed by atoms with van der Waals surface area (Å²) in [6.07, 6.45) is 0.878. The number of rotatable bonds is 4. The third-order valence-corrected chi connectivity index (χ3v) is 3.48. The lowest BCUT2D eigenvalue weighted by Crippen LogP contribution is -2.40. The van der Waals surface area contributed by atoms with Gasteiger partial charge >= 0.3 is 0 Å². The highest BCUT2D eigenvalue weighted by atomic mass is 16.7. The van der Waals surface area contributed by atoms with Gasteiger partial charge in [0.1, 0.15) is 5.75 Å². The van der Waals surface area contributed by atoms with Crippen molar-refractivity contribution in [1.29, 1.82) is 0 Å². The summed E-state index contributed by atoms with van der Waals surface area (Å²) in [6.45, 7) is 8.21. The highest BCUT2D eigenvalue weighted by Gasteiger charge is 2.31. The lowest BCUT2D eigenvalue weighted by Gasteiger charge is -2.37. The van der Waals surface area contributed by atoms with Crippen LogP contribution in [-0.4, -0.2) is 25.6 Å². The average Bonchev–Trinajstić information content (AvgIpc) is 2.41. The molecule has 0 radical (unpaired) electrons. The van der Waals surface area contributed by atoms with E-state index >= 15 is 0 Å². The maximum Gasteiger partial charge on any atom is 0.165 e. The van der Waals surface area contributed by atoms with Gasteiger partial charge in [0.15, 0.2) is 5.79 Å². The van der Waals surface area contributed by atoms with E-state index in [2.05, 4.69) is 19.1 Å². The fourth-order valence-electron chi connectivity index (χ4n) is 2.04. The van der Waals surface area contributed by atoms with E-state index in [4.69, 9.17) is 14.2 Å². The van der Waals surface area contributed by atoms with Crippen molar-refractivity contribution >= 4 is 0 Å². The maximum atomic E-state index is 5.81. The Morgan fingerprint density at radius 1 is 1.17 bits per heavy atom. The van der Waals surface area contributed by atoms with Gasteiger partial charge in [0.05, 0.1) is 19.8 Å². The molecule has 1 aliphatic heterocycles. The highest BCUT2D eigenvalue weighted by molar-refractivity contribution is 5.29. The van der Waals surface area contributed by atoms with Crippen LogP contribution < -0.4 is 4.74 Å². The summed E-state index contributed by atoms with van der Waals surface area (Å²) >= 11 is 0. The molecule has 2 rings (SSSR count). The summed E-state index contributed by atoms with van der Waals surface area (Å²) in [6, 6.07) is 8.20. The van der Waals surface area contributed by atoms with Gasteiger partial charge in [0.2, 0.25) is 0 Å². The molecule has 0 aliphatic carbocycles. The van der Waals surface area contributed by atoms with Crippen LogP contribution in [0.4, 0.5) is 0 Å². The molecule has 1 aromatic carbocycles. The number of hydrogen-bond acceptors (Lipinski definition) is 3. The third-order valence-electron chi connectivity index (χ3n) is 3.48. The van der Waals surface area contributed by atoms with Crippen LogP contribution in [0.1, 0.15) is 38.7 Å². The van der Waals surface area contributed by atoms with Crippen molar-refractivity contribution in [2.24, 2.45) is 0 Å². The molecule has 3 heteroatoms. The average molecular weight is 250 g/mol. The van der Waals surface area contributed by atoms with E-state index in [0.29, 0.717) is 12.5 Å². The van der Waals surface area contributed by atoms with E-state index in [-0.39, 0.29) is 0 Å². The summed E-state index contributed by atoms with van der Waals surface area (Å²) in [5.74, 6) is 0.833. The van der Waals surface area contributed by atoms with Crippen molar-refractivity contribution in [3.8, 4) is 5.75 Å². The summed E-state index contributed by atoms with van der Waals surface area (Å²) in [5, 5.41) is 0. The number of benzene rings is 1. The van der Waals surface area contributed by atoms with E-state index in [1.165, 1.54) is 5.56 Å². The Hall–Kier alpha value is -1.06. The normalized spacial score (nSPS) is 28.1. The lowest BCUT2D eigenvalue weighted by atomic mass is 9.99. The number of ether oxygens (including phenoxy) is 3. The third kappa shape index (κ3) is 3.03. The predicted molar refractivity (Wildman–Crippen MR) is 71.0 cm³/mol. The zero-order valence-corrected chi connectivity index (χ0v) is 11.4. The Bertz CT molecular complexity index is 364. The second-order valence-corrected chi connectivity index (χ2v) is 4.81. The topological polar surface area (TPSA) is 27.7 Å². The Balaban J connectivity index is 1.97. The largest absolute Gasteiger partial charge is 0.494 e. The van der Waals surface area contributed by atoms with Crippen LogP contribution in [0.25, 0.3) is 0 Å². The van der Waals surface area contributed by atoms with E-state index < -0.39 is 5.79 Å². The van der Waals surface area contributed by atoms with Crippen LogP contribution >= 0.6 is 0 Å². The first-order valence-corrected chi connectivity index (χ1v) is 6.67. The SMILES string of the molecule is CCOc1ccc(C2COC(C)(CC)OC2)cc1. The van der Waals surface area contributed by atoms with Gasteiger partial charge in [-0.2, -0.15) is 0 Å². The van der Waals surface area contributed by atoms with Gasteiger partial charge in [-0.3, -0.25) is 0 Å². The van der Waals surface area contributed by atoms with E-state index in [9.17, 15) is 0 Å². The highest BCUT2D eigenvalue weighted by Crippen LogP contribution is 2.30. The molecule has 1 aliphatic rings. The van der Waals surface area contributed by atoms with Crippen LogP contribution in [0.5, 0.6) is 5.75 Å². The van der Waals surface area contributed by atoms with Gasteiger partial charge in [0.25, 0.3) is 0 Å². The van der Waals surface area contributed by atoms with Crippen LogP contribution in [-0.2, 0) is 9.47 Å². The fraction of sp³-hybridized carbons (Fsp3) is 0.600. The minimum Gasteiger partial charge on any atom is -0.494 e. The molecule has 1 aromatic rings. The molecule has 0 N–H and O–H groups in total. The van der Waals surface area contributed by atoms with Crippen molar-refractivity contribution in [3.63, 3.8) is 0 Å². The molecule has 100 valence electrons. The molecule has 3 nitrogen and oxygen atoms in total. The first-order chi connectivity index (χ1) is 8.67. The van der Waals surface area contributed by atoms with Gasteiger partial charge in [-0.15, -0.1) is 0 Å². The monoisotopic (exact) mass is 250 g/mol. The molecule has 0 amide bonds. The van der Waals surface area contributed by atoms with Crippen molar-refractivity contribution < 1.29 is 14.2 Å². The van der Waals surface area contributed by atoms with Crippen LogP contribution in [0, 0.1) is 0 Å². The molecule has 18 heavy (non-hydrogen) atoms. The van der Waals surface area contributed by atoms with E-state index in [0.717, 1.165) is 25.4 Å².